The van der Waals surface area contributed by atoms with Crippen molar-refractivity contribution >= 4 is 0 Å². The molecule has 3 heteroatoms. The molecule has 0 aromatic heterocycles. The van der Waals surface area contributed by atoms with E-state index in [-0.39, 0.29) is 11.9 Å². The third kappa shape index (κ3) is 3.39. The number of nitrogens with two attached hydrogens (primary N) is 1. The van der Waals surface area contributed by atoms with Gasteiger partial charge in [0, 0.05) is 18.6 Å². The largest absolute Gasteiger partial charge is 0.329 e. The lowest BCUT2D eigenvalue weighted by atomic mass is 9.92. The topological polar surface area (TPSA) is 29.3 Å². The quantitative estimate of drug-likeness (QED) is 0.888. The molecular weight excluding hydrogens is 251 g/mol. The zero-order valence-corrected chi connectivity index (χ0v) is 12.7. The molecule has 112 valence electrons. The van der Waals surface area contributed by atoms with Crippen LogP contribution in [0.5, 0.6) is 0 Å². The third-order valence-electron chi connectivity index (χ3n) is 4.52. The van der Waals surface area contributed by atoms with Crippen molar-refractivity contribution in [2.45, 2.75) is 58.0 Å². The number of halogens is 1. The maximum Gasteiger partial charge on any atom is 0.123 e. The van der Waals surface area contributed by atoms with Crippen LogP contribution in [0.25, 0.3) is 0 Å². The van der Waals surface area contributed by atoms with Crippen molar-refractivity contribution in [3.05, 3.63) is 35.1 Å². The molecule has 2 rings (SSSR count). The van der Waals surface area contributed by atoms with Crippen LogP contribution < -0.4 is 5.73 Å². The van der Waals surface area contributed by atoms with Gasteiger partial charge in [0.2, 0.25) is 0 Å². The minimum absolute atomic E-state index is 0.155. The van der Waals surface area contributed by atoms with Crippen LogP contribution in [0.1, 0.15) is 56.2 Å². The van der Waals surface area contributed by atoms with Crippen LogP contribution in [0, 0.1) is 12.7 Å². The number of aryl methyl sites for hydroxylation is 1. The molecule has 1 aliphatic heterocycles. The summed E-state index contributed by atoms with van der Waals surface area (Å²) < 4.78 is 13.6. The normalized spacial score (nSPS) is 21.9. The van der Waals surface area contributed by atoms with Gasteiger partial charge in [0.25, 0.3) is 0 Å². The van der Waals surface area contributed by atoms with Crippen LogP contribution in [0.4, 0.5) is 4.39 Å². The summed E-state index contributed by atoms with van der Waals surface area (Å²) in [5.41, 5.74) is 8.26. The number of nitrogens with zero attached hydrogens (tertiary/aromatic N) is 1. The number of benzene rings is 1. The lowest BCUT2D eigenvalue weighted by molar-refractivity contribution is 0.0908. The van der Waals surface area contributed by atoms with E-state index in [0.717, 1.165) is 17.7 Å². The first-order valence-corrected chi connectivity index (χ1v) is 7.89. The van der Waals surface area contributed by atoms with Crippen molar-refractivity contribution in [1.29, 1.82) is 0 Å². The van der Waals surface area contributed by atoms with E-state index in [1.54, 1.807) is 6.07 Å². The molecule has 0 aliphatic carbocycles. The van der Waals surface area contributed by atoms with Gasteiger partial charge in [0.15, 0.2) is 0 Å². The number of hydrogen-bond donors (Lipinski definition) is 1. The lowest BCUT2D eigenvalue weighted by Gasteiger charge is -2.41. The Balaban J connectivity index is 2.27. The van der Waals surface area contributed by atoms with E-state index in [1.165, 1.54) is 38.2 Å². The second-order valence-electron chi connectivity index (χ2n) is 5.93. The Hall–Kier alpha value is -0.930. The van der Waals surface area contributed by atoms with Crippen LogP contribution in [-0.2, 0) is 0 Å². The summed E-state index contributed by atoms with van der Waals surface area (Å²) in [7, 11) is 0. The summed E-state index contributed by atoms with van der Waals surface area (Å²) in [6, 6.07) is 5.83. The molecule has 0 radical (unpaired) electrons. The molecule has 0 spiro atoms. The predicted molar refractivity (Wildman–Crippen MR) is 82.2 cm³/mol. The predicted octanol–water partition coefficient (Wildman–Crippen LogP) is 3.79. The molecule has 1 fully saturated rings. The molecule has 0 amide bonds. The molecule has 1 heterocycles. The van der Waals surface area contributed by atoms with Gasteiger partial charge in [-0.1, -0.05) is 25.8 Å². The molecule has 1 aromatic rings. The van der Waals surface area contributed by atoms with Gasteiger partial charge in [-0.05, 0) is 56.0 Å². The fourth-order valence-corrected chi connectivity index (χ4v) is 3.49. The second kappa shape index (κ2) is 7.19. The Morgan fingerprint density at radius 3 is 2.90 bits per heavy atom. The summed E-state index contributed by atoms with van der Waals surface area (Å²) >= 11 is 0. The second-order valence-corrected chi connectivity index (χ2v) is 5.93. The van der Waals surface area contributed by atoms with E-state index >= 15 is 0 Å². The van der Waals surface area contributed by atoms with E-state index in [4.69, 9.17) is 5.73 Å². The standard InChI is InChI=1S/C17H27FN2/c1-3-6-15-7-4-5-10-20(15)17(12-19)16-11-14(18)9-8-13(16)2/h8-9,11,15,17H,3-7,10,12,19H2,1-2H3. The van der Waals surface area contributed by atoms with Crippen LogP contribution >= 0.6 is 0 Å². The molecule has 2 unspecified atom stereocenters. The first kappa shape index (κ1) is 15.5. The number of hydrogen-bond acceptors (Lipinski definition) is 2. The zero-order valence-electron chi connectivity index (χ0n) is 12.7. The summed E-state index contributed by atoms with van der Waals surface area (Å²) in [5.74, 6) is -0.159. The van der Waals surface area contributed by atoms with Crippen LogP contribution in [0.15, 0.2) is 18.2 Å². The van der Waals surface area contributed by atoms with Gasteiger partial charge >= 0.3 is 0 Å². The monoisotopic (exact) mass is 278 g/mol. The van der Waals surface area contributed by atoms with Gasteiger partial charge in [-0.15, -0.1) is 0 Å². The highest BCUT2D eigenvalue weighted by Crippen LogP contribution is 2.31. The van der Waals surface area contributed by atoms with Crippen LogP contribution in [-0.4, -0.2) is 24.0 Å². The number of rotatable bonds is 5. The molecule has 20 heavy (non-hydrogen) atoms. The van der Waals surface area contributed by atoms with Gasteiger partial charge in [-0.2, -0.15) is 0 Å². The lowest BCUT2D eigenvalue weighted by Crippen LogP contribution is -2.44. The Morgan fingerprint density at radius 1 is 1.40 bits per heavy atom. The molecule has 0 bridgehead atoms. The number of likely N-dealkylation sites (tertiary alicyclic amines) is 1. The number of piperidine rings is 1. The van der Waals surface area contributed by atoms with Crippen molar-refractivity contribution in [3.8, 4) is 0 Å². The Kier molecular flexibility index (Phi) is 5.55. The van der Waals surface area contributed by atoms with E-state index in [9.17, 15) is 4.39 Å². The maximum absolute atomic E-state index is 13.6. The Labute approximate surface area is 122 Å². The Bertz CT molecular complexity index is 431. The summed E-state index contributed by atoms with van der Waals surface area (Å²) in [4.78, 5) is 2.52. The van der Waals surface area contributed by atoms with Crippen molar-refractivity contribution in [2.24, 2.45) is 5.73 Å². The van der Waals surface area contributed by atoms with Crippen molar-refractivity contribution in [1.82, 2.24) is 4.90 Å². The van der Waals surface area contributed by atoms with Crippen molar-refractivity contribution in [2.75, 3.05) is 13.1 Å². The van der Waals surface area contributed by atoms with Gasteiger partial charge < -0.3 is 5.73 Å². The molecule has 0 saturated carbocycles. The fourth-order valence-electron chi connectivity index (χ4n) is 3.49. The average Bonchev–Trinajstić information content (AvgIpc) is 2.45. The third-order valence-corrected chi connectivity index (χ3v) is 4.52. The van der Waals surface area contributed by atoms with E-state index < -0.39 is 0 Å². The summed E-state index contributed by atoms with van der Waals surface area (Å²) in [5, 5.41) is 0. The maximum atomic E-state index is 13.6. The van der Waals surface area contributed by atoms with Gasteiger partial charge in [-0.3, -0.25) is 4.90 Å². The SMILES string of the molecule is CCCC1CCCCN1C(CN)c1cc(F)ccc1C. The summed E-state index contributed by atoms with van der Waals surface area (Å²) in [6.07, 6.45) is 6.19. The highest BCUT2D eigenvalue weighted by molar-refractivity contribution is 5.30. The van der Waals surface area contributed by atoms with E-state index in [2.05, 4.69) is 18.7 Å². The average molecular weight is 278 g/mol. The highest BCUT2D eigenvalue weighted by Gasteiger charge is 2.29. The molecule has 1 aromatic carbocycles. The first-order valence-electron chi connectivity index (χ1n) is 7.89. The fraction of sp³-hybridized carbons (Fsp3) is 0.647. The van der Waals surface area contributed by atoms with Gasteiger partial charge in [-0.25, -0.2) is 4.39 Å². The molecule has 2 N–H and O–H groups in total. The first-order chi connectivity index (χ1) is 9.67. The minimum Gasteiger partial charge on any atom is -0.329 e. The Morgan fingerprint density at radius 2 is 2.20 bits per heavy atom. The van der Waals surface area contributed by atoms with Crippen molar-refractivity contribution < 1.29 is 4.39 Å². The van der Waals surface area contributed by atoms with Gasteiger partial charge in [0.05, 0.1) is 0 Å². The minimum atomic E-state index is -0.159. The van der Waals surface area contributed by atoms with Crippen LogP contribution in [0.3, 0.4) is 0 Å². The molecule has 1 saturated heterocycles. The van der Waals surface area contributed by atoms with Gasteiger partial charge in [0.1, 0.15) is 5.82 Å². The smallest absolute Gasteiger partial charge is 0.123 e. The molecule has 2 nitrogen and oxygen atoms in total. The zero-order chi connectivity index (χ0) is 14.5. The van der Waals surface area contributed by atoms with E-state index in [0.29, 0.717) is 12.6 Å². The van der Waals surface area contributed by atoms with Crippen LogP contribution in [0.2, 0.25) is 0 Å². The molecule has 2 atom stereocenters. The summed E-state index contributed by atoms with van der Waals surface area (Å²) in [6.45, 7) is 5.93. The van der Waals surface area contributed by atoms with Crippen molar-refractivity contribution in [3.63, 3.8) is 0 Å². The molecular formula is C17H27FN2. The molecule has 1 aliphatic rings. The highest BCUT2D eigenvalue weighted by atomic mass is 19.1. The van der Waals surface area contributed by atoms with E-state index in [1.807, 2.05) is 6.07 Å².